The molecule has 0 radical (unpaired) electrons. The average Bonchev–Trinajstić information content (AvgIpc) is 2.42. The van der Waals surface area contributed by atoms with Crippen LogP contribution in [-0.4, -0.2) is 39.9 Å². The minimum Gasteiger partial charge on any atom is -0.410 e. The van der Waals surface area contributed by atoms with Gasteiger partial charge in [-0.1, -0.05) is 47.2 Å². The van der Waals surface area contributed by atoms with Gasteiger partial charge < -0.3 is 10.1 Å². The lowest BCUT2D eigenvalue weighted by atomic mass is 10.1. The van der Waals surface area contributed by atoms with Gasteiger partial charge in [0.05, 0.1) is 0 Å². The standard InChI is InChI=1S/C13H16N2O2S/c16-13-12(14-17)18-10-9-15(13)8-4-7-11-5-2-1-3-6-11/h1-3,5-6,17H,4,7-10H2. The second kappa shape index (κ2) is 6.44. The maximum atomic E-state index is 11.8. The van der Waals surface area contributed by atoms with Crippen molar-refractivity contribution in [1.82, 2.24) is 4.90 Å². The van der Waals surface area contributed by atoms with Gasteiger partial charge in [-0.3, -0.25) is 4.79 Å². The number of hydrogen-bond acceptors (Lipinski definition) is 4. The predicted octanol–water partition coefficient (Wildman–Crippen LogP) is 1.98. The number of carbonyl (C=O) groups is 1. The largest absolute Gasteiger partial charge is 0.410 e. The molecule has 0 saturated carbocycles. The quantitative estimate of drug-likeness (QED) is 0.668. The van der Waals surface area contributed by atoms with E-state index in [-0.39, 0.29) is 11.0 Å². The lowest BCUT2D eigenvalue weighted by Gasteiger charge is -2.26. The molecule has 1 aromatic carbocycles. The number of thioether (sulfide) groups is 1. The zero-order valence-corrected chi connectivity index (χ0v) is 10.9. The van der Waals surface area contributed by atoms with Crippen LogP contribution in [0.2, 0.25) is 0 Å². The van der Waals surface area contributed by atoms with Gasteiger partial charge in [-0.2, -0.15) is 0 Å². The van der Waals surface area contributed by atoms with E-state index in [0.29, 0.717) is 6.54 Å². The SMILES string of the molecule is O=C1C(=NO)SCCN1CCCc1ccccc1. The van der Waals surface area contributed by atoms with Crippen molar-refractivity contribution in [3.05, 3.63) is 35.9 Å². The second-order valence-corrected chi connectivity index (χ2v) is 5.22. The van der Waals surface area contributed by atoms with Crippen LogP contribution in [0.25, 0.3) is 0 Å². The molecule has 1 N–H and O–H groups in total. The molecule has 18 heavy (non-hydrogen) atoms. The van der Waals surface area contributed by atoms with Crippen molar-refractivity contribution in [1.29, 1.82) is 0 Å². The first-order chi connectivity index (χ1) is 8.81. The Bertz CT molecular complexity index is 434. The third-order valence-corrected chi connectivity index (χ3v) is 3.81. The number of aryl methyl sites for hydroxylation is 1. The zero-order valence-electron chi connectivity index (χ0n) is 10.1. The van der Waals surface area contributed by atoms with Crippen LogP contribution in [0.4, 0.5) is 0 Å². The third kappa shape index (κ3) is 3.26. The Morgan fingerprint density at radius 1 is 1.33 bits per heavy atom. The van der Waals surface area contributed by atoms with Crippen LogP contribution >= 0.6 is 11.8 Å². The van der Waals surface area contributed by atoms with Crippen LogP contribution in [0.3, 0.4) is 0 Å². The van der Waals surface area contributed by atoms with E-state index in [1.165, 1.54) is 17.3 Å². The summed E-state index contributed by atoms with van der Waals surface area (Å²) in [5.74, 6) is 0.651. The molecule has 96 valence electrons. The molecule has 1 aliphatic rings. The van der Waals surface area contributed by atoms with E-state index in [1.807, 2.05) is 18.2 Å². The highest BCUT2D eigenvalue weighted by Crippen LogP contribution is 2.15. The Morgan fingerprint density at radius 2 is 2.11 bits per heavy atom. The topological polar surface area (TPSA) is 52.9 Å². The molecule has 0 aromatic heterocycles. The molecule has 1 aliphatic heterocycles. The Hall–Kier alpha value is -1.49. The number of carbonyl (C=O) groups excluding carboxylic acids is 1. The summed E-state index contributed by atoms with van der Waals surface area (Å²) < 4.78 is 0. The normalized spacial score (nSPS) is 18.3. The molecule has 1 saturated heterocycles. The highest BCUT2D eigenvalue weighted by atomic mass is 32.2. The molecule has 0 atom stereocenters. The van der Waals surface area contributed by atoms with Gasteiger partial charge in [-0.05, 0) is 18.4 Å². The highest BCUT2D eigenvalue weighted by molar-refractivity contribution is 8.15. The first-order valence-corrected chi connectivity index (χ1v) is 6.98. The summed E-state index contributed by atoms with van der Waals surface area (Å²) in [4.78, 5) is 13.6. The minimum absolute atomic E-state index is 0.151. The lowest BCUT2D eigenvalue weighted by Crippen LogP contribution is -2.41. The zero-order chi connectivity index (χ0) is 12.8. The van der Waals surface area contributed by atoms with Crippen LogP contribution in [0.15, 0.2) is 35.5 Å². The molecular formula is C13H16N2O2S. The van der Waals surface area contributed by atoms with Crippen molar-refractivity contribution in [2.24, 2.45) is 5.16 Å². The molecule has 0 unspecified atom stereocenters. The van der Waals surface area contributed by atoms with Gasteiger partial charge in [0, 0.05) is 18.8 Å². The third-order valence-electron chi connectivity index (χ3n) is 2.90. The Labute approximate surface area is 111 Å². The molecule has 1 amide bonds. The summed E-state index contributed by atoms with van der Waals surface area (Å²) in [6.45, 7) is 1.45. The van der Waals surface area contributed by atoms with Crippen molar-refractivity contribution in [2.45, 2.75) is 12.8 Å². The van der Waals surface area contributed by atoms with Gasteiger partial charge in [0.2, 0.25) is 5.04 Å². The summed E-state index contributed by atoms with van der Waals surface area (Å²) in [7, 11) is 0. The first kappa shape index (κ1) is 13.0. The molecule has 5 heteroatoms. The van der Waals surface area contributed by atoms with Gasteiger partial charge in [0.25, 0.3) is 5.91 Å². The number of hydrogen-bond donors (Lipinski definition) is 1. The number of amides is 1. The summed E-state index contributed by atoms with van der Waals surface area (Å²) in [6.07, 6.45) is 1.89. The van der Waals surface area contributed by atoms with Crippen molar-refractivity contribution in [2.75, 3.05) is 18.8 Å². The van der Waals surface area contributed by atoms with Crippen LogP contribution in [0, 0.1) is 0 Å². The van der Waals surface area contributed by atoms with Gasteiger partial charge in [0.15, 0.2) is 0 Å². The van der Waals surface area contributed by atoms with Gasteiger partial charge in [-0.25, -0.2) is 0 Å². The Balaban J connectivity index is 1.81. The summed E-state index contributed by atoms with van der Waals surface area (Å²) in [5.41, 5.74) is 1.28. The maximum Gasteiger partial charge on any atom is 0.282 e. The van der Waals surface area contributed by atoms with Crippen LogP contribution < -0.4 is 0 Å². The van der Waals surface area contributed by atoms with E-state index in [4.69, 9.17) is 5.21 Å². The lowest BCUT2D eigenvalue weighted by molar-refractivity contribution is -0.123. The van der Waals surface area contributed by atoms with Gasteiger partial charge in [-0.15, -0.1) is 0 Å². The first-order valence-electron chi connectivity index (χ1n) is 5.99. The van der Waals surface area contributed by atoms with E-state index in [9.17, 15) is 4.79 Å². The van der Waals surface area contributed by atoms with Crippen molar-refractivity contribution < 1.29 is 10.0 Å². The van der Waals surface area contributed by atoms with Crippen LogP contribution in [-0.2, 0) is 11.2 Å². The molecule has 1 heterocycles. The molecule has 4 nitrogen and oxygen atoms in total. The highest BCUT2D eigenvalue weighted by Gasteiger charge is 2.25. The molecular weight excluding hydrogens is 248 g/mol. The van der Waals surface area contributed by atoms with E-state index in [2.05, 4.69) is 17.3 Å². The molecule has 1 fully saturated rings. The van der Waals surface area contributed by atoms with Crippen molar-refractivity contribution >= 4 is 22.7 Å². The fourth-order valence-corrected chi connectivity index (χ4v) is 2.77. The number of benzene rings is 1. The summed E-state index contributed by atoms with van der Waals surface area (Å²) in [5, 5.41) is 11.9. The fraction of sp³-hybridized carbons (Fsp3) is 0.385. The second-order valence-electron chi connectivity index (χ2n) is 4.13. The Morgan fingerprint density at radius 3 is 2.83 bits per heavy atom. The van der Waals surface area contributed by atoms with Crippen molar-refractivity contribution in [3.63, 3.8) is 0 Å². The molecule has 0 spiro atoms. The summed E-state index contributed by atoms with van der Waals surface area (Å²) >= 11 is 1.31. The average molecular weight is 264 g/mol. The molecule has 1 aromatic rings. The van der Waals surface area contributed by atoms with E-state index >= 15 is 0 Å². The van der Waals surface area contributed by atoms with Crippen molar-refractivity contribution in [3.8, 4) is 0 Å². The fourth-order valence-electron chi connectivity index (χ4n) is 1.95. The molecule has 0 bridgehead atoms. The molecule has 2 rings (SSSR count). The number of nitrogens with zero attached hydrogens (tertiary/aromatic N) is 2. The van der Waals surface area contributed by atoms with Gasteiger partial charge in [0.1, 0.15) is 0 Å². The minimum atomic E-state index is -0.151. The molecule has 0 aliphatic carbocycles. The van der Waals surface area contributed by atoms with E-state index in [1.54, 1.807) is 4.90 Å². The Kier molecular flexibility index (Phi) is 4.64. The maximum absolute atomic E-state index is 11.8. The smallest absolute Gasteiger partial charge is 0.282 e. The number of oxime groups is 1. The van der Waals surface area contributed by atoms with Crippen LogP contribution in [0.1, 0.15) is 12.0 Å². The monoisotopic (exact) mass is 264 g/mol. The summed E-state index contributed by atoms with van der Waals surface area (Å²) in [6, 6.07) is 10.2. The predicted molar refractivity (Wildman–Crippen MR) is 73.0 cm³/mol. The number of rotatable bonds is 4. The van der Waals surface area contributed by atoms with E-state index in [0.717, 1.165) is 25.1 Å². The van der Waals surface area contributed by atoms with E-state index < -0.39 is 0 Å². The van der Waals surface area contributed by atoms with Gasteiger partial charge >= 0.3 is 0 Å². The van der Waals surface area contributed by atoms with Crippen LogP contribution in [0.5, 0.6) is 0 Å².